The van der Waals surface area contributed by atoms with E-state index in [1.165, 1.54) is 11.0 Å². The molecule has 1 unspecified atom stereocenters. The second-order valence-electron chi connectivity index (χ2n) is 10.3. The summed E-state index contributed by atoms with van der Waals surface area (Å²) < 4.78 is 7.95. The Morgan fingerprint density at radius 3 is 2.51 bits per heavy atom. The highest BCUT2D eigenvalue weighted by Crippen LogP contribution is 2.34. The number of pyridine rings is 1. The van der Waals surface area contributed by atoms with Crippen LogP contribution < -0.4 is 10.5 Å². The zero-order chi connectivity index (χ0) is 30.7. The normalized spacial score (nSPS) is 12.0. The number of carbonyl (C=O) groups is 2. The molecule has 0 aliphatic heterocycles. The van der Waals surface area contributed by atoms with E-state index < -0.39 is 6.04 Å². The summed E-state index contributed by atoms with van der Waals surface area (Å²) in [6.07, 6.45) is 4.91. The molecule has 0 spiro atoms. The number of amides is 1. The lowest BCUT2D eigenvalue weighted by Crippen LogP contribution is -2.22. The molecule has 1 atom stereocenters. The average Bonchev–Trinajstić information content (AvgIpc) is 3.49. The van der Waals surface area contributed by atoms with Gasteiger partial charge in [0.2, 0.25) is 0 Å². The first-order chi connectivity index (χ1) is 20.6. The fourth-order valence-corrected chi connectivity index (χ4v) is 5.25. The zero-order valence-corrected chi connectivity index (χ0v) is 25.4. The van der Waals surface area contributed by atoms with E-state index in [0.717, 1.165) is 22.2 Å². The van der Waals surface area contributed by atoms with Gasteiger partial charge in [-0.1, -0.05) is 59.6 Å². The standard InChI is InChI=1S/C34H30Cl2N4O3/c1-21-9-13-23-6-4-8-30(33(23)38-21)43-20-25-26(35)16-17-27(31(25)36)40-19-5-7-28(40)32(37)29(41)18-12-22-10-14-24(15-11-22)34(42)39(2)3/h4-19,32H,20,37H2,1-3H3/b18-12+. The summed E-state index contributed by atoms with van der Waals surface area (Å²) in [6.45, 7) is 2.05. The number of carbonyl (C=O) groups excluding carboxylic acids is 2. The van der Waals surface area contributed by atoms with Crippen molar-refractivity contribution in [3.63, 3.8) is 0 Å². The van der Waals surface area contributed by atoms with Crippen LogP contribution in [-0.4, -0.2) is 40.2 Å². The summed E-state index contributed by atoms with van der Waals surface area (Å²) in [4.78, 5) is 31.4. The molecule has 0 aliphatic rings. The van der Waals surface area contributed by atoms with Crippen molar-refractivity contribution in [1.82, 2.24) is 14.5 Å². The summed E-state index contributed by atoms with van der Waals surface area (Å²) >= 11 is 13.5. The second-order valence-corrected chi connectivity index (χ2v) is 11.1. The van der Waals surface area contributed by atoms with Crippen molar-refractivity contribution >= 4 is 51.9 Å². The lowest BCUT2D eigenvalue weighted by molar-refractivity contribution is -0.115. The molecule has 7 nitrogen and oxygen atoms in total. The number of nitrogens with zero attached hydrogens (tertiary/aromatic N) is 3. The first-order valence-corrected chi connectivity index (χ1v) is 14.3. The molecule has 0 saturated carbocycles. The molecule has 1 amide bonds. The number of halogens is 2. The fourth-order valence-electron chi connectivity index (χ4n) is 4.68. The third kappa shape index (κ3) is 6.49. The van der Waals surface area contributed by atoms with Gasteiger partial charge < -0.3 is 19.9 Å². The van der Waals surface area contributed by atoms with E-state index in [2.05, 4.69) is 4.98 Å². The molecule has 9 heteroatoms. The molecule has 0 radical (unpaired) electrons. The number of benzene rings is 3. The minimum absolute atomic E-state index is 0.0920. The maximum absolute atomic E-state index is 13.1. The summed E-state index contributed by atoms with van der Waals surface area (Å²) in [5, 5.41) is 1.81. The quantitative estimate of drug-likeness (QED) is 0.178. The minimum Gasteiger partial charge on any atom is -0.487 e. The largest absolute Gasteiger partial charge is 0.487 e. The molecule has 2 heterocycles. The number of aromatic nitrogens is 2. The van der Waals surface area contributed by atoms with Crippen LogP contribution in [0.25, 0.3) is 22.7 Å². The van der Waals surface area contributed by atoms with Crippen LogP contribution in [0.4, 0.5) is 0 Å². The summed E-state index contributed by atoms with van der Waals surface area (Å²) in [5.74, 6) is 0.241. The highest BCUT2D eigenvalue weighted by Gasteiger charge is 2.21. The Morgan fingerprint density at radius 1 is 1.00 bits per heavy atom. The van der Waals surface area contributed by atoms with Gasteiger partial charge in [0.15, 0.2) is 5.78 Å². The molecule has 2 aromatic heterocycles. The average molecular weight is 614 g/mol. The van der Waals surface area contributed by atoms with Crippen molar-refractivity contribution in [2.75, 3.05) is 14.1 Å². The smallest absolute Gasteiger partial charge is 0.253 e. The lowest BCUT2D eigenvalue weighted by Gasteiger charge is -2.18. The highest BCUT2D eigenvalue weighted by molar-refractivity contribution is 6.37. The number of hydrogen-bond donors (Lipinski definition) is 1. The molecule has 218 valence electrons. The van der Waals surface area contributed by atoms with E-state index in [1.54, 1.807) is 79.5 Å². The predicted octanol–water partition coefficient (Wildman–Crippen LogP) is 7.20. The molecule has 0 aliphatic carbocycles. The van der Waals surface area contributed by atoms with E-state index in [0.29, 0.717) is 38.3 Å². The van der Waals surface area contributed by atoms with E-state index >= 15 is 0 Å². The summed E-state index contributed by atoms with van der Waals surface area (Å²) in [7, 11) is 3.39. The predicted molar refractivity (Wildman–Crippen MR) is 172 cm³/mol. The van der Waals surface area contributed by atoms with Gasteiger partial charge in [-0.3, -0.25) is 9.59 Å². The van der Waals surface area contributed by atoms with Crippen LogP contribution in [0.15, 0.2) is 91.1 Å². The molecule has 2 N–H and O–H groups in total. The molecule has 43 heavy (non-hydrogen) atoms. The first-order valence-electron chi connectivity index (χ1n) is 13.6. The molecule has 5 aromatic rings. The van der Waals surface area contributed by atoms with Crippen molar-refractivity contribution in [3.8, 4) is 11.4 Å². The van der Waals surface area contributed by atoms with Gasteiger partial charge in [0, 0.05) is 53.2 Å². The summed E-state index contributed by atoms with van der Waals surface area (Å²) in [6, 6.07) is 22.9. The Kier molecular flexibility index (Phi) is 8.97. The van der Waals surface area contributed by atoms with Gasteiger partial charge in [0.1, 0.15) is 23.9 Å². The Labute approximate surface area is 260 Å². The minimum atomic E-state index is -0.947. The zero-order valence-electron chi connectivity index (χ0n) is 23.9. The second kappa shape index (κ2) is 12.8. The molecule has 0 saturated heterocycles. The van der Waals surface area contributed by atoms with Crippen LogP contribution in [0.2, 0.25) is 10.0 Å². The number of nitrogens with two attached hydrogens (primary N) is 1. The van der Waals surface area contributed by atoms with Crippen molar-refractivity contribution in [2.45, 2.75) is 19.6 Å². The molecule has 0 fully saturated rings. The van der Waals surface area contributed by atoms with Gasteiger partial charge >= 0.3 is 0 Å². The van der Waals surface area contributed by atoms with Crippen LogP contribution >= 0.6 is 23.2 Å². The molecular formula is C34H30Cl2N4O3. The number of rotatable bonds is 9. The van der Waals surface area contributed by atoms with E-state index in [9.17, 15) is 9.59 Å². The molecule has 3 aromatic carbocycles. The van der Waals surface area contributed by atoms with Gasteiger partial charge in [-0.15, -0.1) is 0 Å². The van der Waals surface area contributed by atoms with Crippen LogP contribution in [0, 0.1) is 6.92 Å². The van der Waals surface area contributed by atoms with Gasteiger partial charge in [-0.2, -0.15) is 0 Å². The van der Waals surface area contributed by atoms with E-state index in [-0.39, 0.29) is 18.3 Å². The van der Waals surface area contributed by atoms with Gasteiger partial charge in [-0.05, 0) is 67.1 Å². The van der Waals surface area contributed by atoms with Gasteiger partial charge in [0.05, 0.1) is 10.7 Å². The maximum atomic E-state index is 13.1. The summed E-state index contributed by atoms with van der Waals surface area (Å²) in [5.41, 5.74) is 11.2. The van der Waals surface area contributed by atoms with Crippen molar-refractivity contribution in [3.05, 3.63) is 129 Å². The number of ether oxygens (including phenoxy) is 1. The number of hydrogen-bond acceptors (Lipinski definition) is 5. The van der Waals surface area contributed by atoms with Gasteiger partial charge in [0.25, 0.3) is 5.91 Å². The van der Waals surface area contributed by atoms with Crippen LogP contribution in [0.1, 0.15) is 38.9 Å². The lowest BCUT2D eigenvalue weighted by atomic mass is 10.1. The Bertz CT molecular complexity index is 1850. The highest BCUT2D eigenvalue weighted by atomic mass is 35.5. The van der Waals surface area contributed by atoms with Crippen molar-refractivity contribution < 1.29 is 14.3 Å². The number of para-hydroxylation sites is 1. The van der Waals surface area contributed by atoms with Crippen LogP contribution in [0.3, 0.4) is 0 Å². The topological polar surface area (TPSA) is 90.4 Å². The Hall–Kier alpha value is -4.43. The Morgan fingerprint density at radius 2 is 1.77 bits per heavy atom. The van der Waals surface area contributed by atoms with Crippen molar-refractivity contribution in [2.24, 2.45) is 5.73 Å². The van der Waals surface area contributed by atoms with E-state index in [1.807, 2.05) is 37.3 Å². The molecular weight excluding hydrogens is 583 g/mol. The van der Waals surface area contributed by atoms with Crippen LogP contribution in [0.5, 0.6) is 5.75 Å². The van der Waals surface area contributed by atoms with E-state index in [4.69, 9.17) is 33.7 Å². The number of fused-ring (bicyclic) bond motifs is 1. The number of ketones is 1. The number of aryl methyl sites for hydroxylation is 1. The monoisotopic (exact) mass is 612 g/mol. The van der Waals surface area contributed by atoms with Crippen LogP contribution in [-0.2, 0) is 11.4 Å². The van der Waals surface area contributed by atoms with Crippen molar-refractivity contribution in [1.29, 1.82) is 0 Å². The first kappa shape index (κ1) is 30.0. The SMILES string of the molecule is Cc1ccc2cccc(OCc3c(Cl)ccc(-n4cccc4C(N)C(=O)/C=C/c4ccc(C(=O)N(C)C)cc4)c3Cl)c2n1. The maximum Gasteiger partial charge on any atom is 0.253 e. The third-order valence-electron chi connectivity index (χ3n) is 7.03. The van der Waals surface area contributed by atoms with Gasteiger partial charge in [-0.25, -0.2) is 4.98 Å². The molecule has 0 bridgehead atoms. The Balaban J connectivity index is 1.36. The fraction of sp³-hybridized carbons (Fsp3) is 0.147. The molecule has 5 rings (SSSR count). The third-order valence-corrected chi connectivity index (χ3v) is 7.80.